The fourth-order valence-electron chi connectivity index (χ4n) is 3.82. The van der Waals surface area contributed by atoms with Crippen molar-refractivity contribution in [1.82, 2.24) is 4.90 Å². The fraction of sp³-hybridized carbons (Fsp3) is 0.308. The third kappa shape index (κ3) is 5.55. The third-order valence-electron chi connectivity index (χ3n) is 5.62. The van der Waals surface area contributed by atoms with Crippen molar-refractivity contribution >= 4 is 11.4 Å². The van der Waals surface area contributed by atoms with Crippen molar-refractivity contribution in [2.75, 3.05) is 49.5 Å². The summed E-state index contributed by atoms with van der Waals surface area (Å²) in [6, 6.07) is 27.4. The largest absolute Gasteiger partial charge is 0.487 e. The van der Waals surface area contributed by atoms with Crippen molar-refractivity contribution in [3.8, 4) is 5.75 Å². The van der Waals surface area contributed by atoms with Gasteiger partial charge < -0.3 is 15.0 Å². The van der Waals surface area contributed by atoms with Crippen molar-refractivity contribution in [3.63, 3.8) is 0 Å². The molecule has 156 valence electrons. The van der Waals surface area contributed by atoms with Gasteiger partial charge in [-0.05, 0) is 36.8 Å². The normalized spacial score (nSPS) is 14.5. The maximum absolute atomic E-state index is 6.16. The Labute approximate surface area is 180 Å². The van der Waals surface area contributed by atoms with Gasteiger partial charge in [0.2, 0.25) is 0 Å². The number of rotatable bonds is 8. The van der Waals surface area contributed by atoms with Crippen LogP contribution in [0, 0.1) is 6.92 Å². The Morgan fingerprint density at radius 3 is 2.27 bits per heavy atom. The summed E-state index contributed by atoms with van der Waals surface area (Å²) in [5.74, 6) is 0.968. The fourth-order valence-corrected chi connectivity index (χ4v) is 3.82. The molecule has 0 bridgehead atoms. The molecule has 1 aliphatic heterocycles. The van der Waals surface area contributed by atoms with Gasteiger partial charge >= 0.3 is 0 Å². The zero-order chi connectivity index (χ0) is 20.6. The Hall–Kier alpha value is -2.98. The van der Waals surface area contributed by atoms with Crippen molar-refractivity contribution in [2.24, 2.45) is 0 Å². The topological polar surface area (TPSA) is 27.7 Å². The predicted octanol–water partition coefficient (Wildman–Crippen LogP) is 4.81. The number of anilines is 2. The van der Waals surface area contributed by atoms with Gasteiger partial charge in [0.25, 0.3) is 0 Å². The quantitative estimate of drug-likeness (QED) is 0.586. The average molecular weight is 402 g/mol. The lowest BCUT2D eigenvalue weighted by Crippen LogP contribution is -2.47. The van der Waals surface area contributed by atoms with Gasteiger partial charge in [0.15, 0.2) is 0 Å². The smallest absolute Gasteiger partial charge is 0.143 e. The Morgan fingerprint density at radius 2 is 1.50 bits per heavy atom. The highest BCUT2D eigenvalue weighted by atomic mass is 16.5. The van der Waals surface area contributed by atoms with Crippen LogP contribution in [0.2, 0.25) is 0 Å². The molecule has 1 N–H and O–H groups in total. The lowest BCUT2D eigenvalue weighted by atomic mass is 10.2. The maximum atomic E-state index is 6.16. The highest BCUT2D eigenvalue weighted by Crippen LogP contribution is 2.29. The average Bonchev–Trinajstić information content (AvgIpc) is 2.80. The zero-order valence-electron chi connectivity index (χ0n) is 17.8. The number of hydrogen-bond donors (Lipinski definition) is 1. The molecule has 0 saturated carbocycles. The summed E-state index contributed by atoms with van der Waals surface area (Å²) in [6.07, 6.45) is 0. The molecule has 1 saturated heterocycles. The second-order valence-electron chi connectivity index (χ2n) is 7.86. The maximum Gasteiger partial charge on any atom is 0.143 e. The summed E-state index contributed by atoms with van der Waals surface area (Å²) in [4.78, 5) is 4.98. The van der Waals surface area contributed by atoms with Gasteiger partial charge in [-0.1, -0.05) is 60.2 Å². The molecular formula is C26H31N3O. The minimum atomic E-state index is 0.600. The summed E-state index contributed by atoms with van der Waals surface area (Å²) >= 11 is 0. The van der Waals surface area contributed by atoms with E-state index in [-0.39, 0.29) is 0 Å². The molecule has 0 unspecified atom stereocenters. The molecule has 4 rings (SSSR count). The number of benzene rings is 3. The Kier molecular flexibility index (Phi) is 6.88. The van der Waals surface area contributed by atoms with Gasteiger partial charge in [0.1, 0.15) is 12.4 Å². The van der Waals surface area contributed by atoms with Crippen LogP contribution in [-0.4, -0.2) is 44.2 Å². The minimum Gasteiger partial charge on any atom is -0.487 e. The van der Waals surface area contributed by atoms with Crippen LogP contribution in [0.5, 0.6) is 5.75 Å². The second-order valence-corrected chi connectivity index (χ2v) is 7.86. The summed E-state index contributed by atoms with van der Waals surface area (Å²) in [7, 11) is 0. The molecule has 4 nitrogen and oxygen atoms in total. The molecule has 3 aromatic rings. The molecule has 0 atom stereocenters. The van der Waals surface area contributed by atoms with Gasteiger partial charge in [0, 0.05) is 45.0 Å². The highest BCUT2D eigenvalue weighted by Gasteiger charge is 2.19. The van der Waals surface area contributed by atoms with Crippen LogP contribution in [0.3, 0.4) is 0 Å². The van der Waals surface area contributed by atoms with Crippen molar-refractivity contribution in [3.05, 3.63) is 90.0 Å². The summed E-state index contributed by atoms with van der Waals surface area (Å²) < 4.78 is 6.16. The van der Waals surface area contributed by atoms with E-state index in [9.17, 15) is 0 Å². The first-order valence-corrected chi connectivity index (χ1v) is 10.8. The third-order valence-corrected chi connectivity index (χ3v) is 5.62. The number of piperazine rings is 1. The number of ether oxygens (including phenoxy) is 1. The molecule has 0 aliphatic carbocycles. The van der Waals surface area contributed by atoms with E-state index in [1.165, 1.54) is 22.5 Å². The molecule has 1 aliphatic rings. The number of aryl methyl sites for hydroxylation is 1. The van der Waals surface area contributed by atoms with Crippen LogP contribution in [-0.2, 0) is 6.61 Å². The number of para-hydroxylation sites is 2. The summed E-state index contributed by atoms with van der Waals surface area (Å²) in [6.45, 7) is 8.95. The molecule has 1 fully saturated rings. The van der Waals surface area contributed by atoms with Crippen LogP contribution >= 0.6 is 0 Å². The number of hydrogen-bond acceptors (Lipinski definition) is 4. The molecule has 0 spiro atoms. The van der Waals surface area contributed by atoms with Crippen LogP contribution in [0.1, 0.15) is 11.1 Å². The van der Waals surface area contributed by atoms with Crippen LogP contribution in [0.4, 0.5) is 11.4 Å². The first-order valence-electron chi connectivity index (χ1n) is 10.8. The second kappa shape index (κ2) is 10.2. The Bertz CT molecular complexity index is 903. The van der Waals surface area contributed by atoms with E-state index in [1.54, 1.807) is 0 Å². The van der Waals surface area contributed by atoms with E-state index < -0.39 is 0 Å². The van der Waals surface area contributed by atoms with Crippen molar-refractivity contribution < 1.29 is 4.74 Å². The molecule has 0 amide bonds. The number of nitrogens with zero attached hydrogens (tertiary/aromatic N) is 2. The zero-order valence-corrected chi connectivity index (χ0v) is 17.8. The summed E-state index contributed by atoms with van der Waals surface area (Å²) in [5, 5.41) is 3.53. The van der Waals surface area contributed by atoms with Gasteiger partial charge in [-0.3, -0.25) is 4.90 Å². The van der Waals surface area contributed by atoms with E-state index in [0.29, 0.717) is 6.61 Å². The van der Waals surface area contributed by atoms with Gasteiger partial charge in [-0.2, -0.15) is 0 Å². The molecule has 30 heavy (non-hydrogen) atoms. The van der Waals surface area contributed by atoms with Crippen molar-refractivity contribution in [1.29, 1.82) is 0 Å². The predicted molar refractivity (Wildman–Crippen MR) is 126 cm³/mol. The lowest BCUT2D eigenvalue weighted by molar-refractivity contribution is 0.264. The van der Waals surface area contributed by atoms with Gasteiger partial charge in [0.05, 0.1) is 5.69 Å². The standard InChI is InChI=1S/C26H31N3O/c1-22-11-13-24(14-12-22)27-15-16-28-17-19-29(20-18-28)25-9-5-6-10-26(25)30-21-23-7-3-2-4-8-23/h2-14,27H,15-21H2,1H3. The Morgan fingerprint density at radius 1 is 0.800 bits per heavy atom. The number of nitrogens with one attached hydrogen (secondary N) is 1. The molecule has 4 heteroatoms. The highest BCUT2D eigenvalue weighted by molar-refractivity contribution is 5.58. The van der Waals surface area contributed by atoms with E-state index in [2.05, 4.69) is 94.8 Å². The molecule has 0 aromatic heterocycles. The first-order chi connectivity index (χ1) is 14.8. The lowest BCUT2D eigenvalue weighted by Gasteiger charge is -2.36. The van der Waals surface area contributed by atoms with Gasteiger partial charge in [-0.15, -0.1) is 0 Å². The first kappa shape index (κ1) is 20.3. The summed E-state index contributed by atoms with van der Waals surface area (Å²) in [5.41, 5.74) is 4.89. The van der Waals surface area contributed by atoms with E-state index in [4.69, 9.17) is 4.74 Å². The van der Waals surface area contributed by atoms with Crippen molar-refractivity contribution in [2.45, 2.75) is 13.5 Å². The van der Waals surface area contributed by atoms with E-state index >= 15 is 0 Å². The monoisotopic (exact) mass is 401 g/mol. The molecule has 1 heterocycles. The van der Waals surface area contributed by atoms with Crippen LogP contribution < -0.4 is 15.0 Å². The van der Waals surface area contributed by atoms with E-state index in [1.807, 2.05) is 6.07 Å². The molecule has 0 radical (unpaired) electrons. The SMILES string of the molecule is Cc1ccc(NCCN2CCN(c3ccccc3OCc3ccccc3)CC2)cc1. The van der Waals surface area contributed by atoms with Gasteiger partial charge in [-0.25, -0.2) is 0 Å². The molecule has 3 aromatic carbocycles. The van der Waals surface area contributed by atoms with Crippen LogP contribution in [0.15, 0.2) is 78.9 Å². The Balaban J connectivity index is 1.26. The molecular weight excluding hydrogens is 370 g/mol. The minimum absolute atomic E-state index is 0.600. The van der Waals surface area contributed by atoms with Crippen LogP contribution in [0.25, 0.3) is 0 Å². The van der Waals surface area contributed by atoms with E-state index in [0.717, 1.165) is 45.0 Å².